The Balaban J connectivity index is 1.18. The molecule has 0 aliphatic carbocycles. The number of rotatable bonds is 3. The van der Waals surface area contributed by atoms with Gasteiger partial charge in [0.05, 0.1) is 27.8 Å². The molecule has 174 valence electrons. The van der Waals surface area contributed by atoms with Gasteiger partial charge in [-0.3, -0.25) is 14.4 Å². The van der Waals surface area contributed by atoms with Crippen molar-refractivity contribution in [3.8, 4) is 0 Å². The highest BCUT2D eigenvalue weighted by Crippen LogP contribution is 2.31. The molecule has 0 bridgehead atoms. The Bertz CT molecular complexity index is 1450. The highest BCUT2D eigenvalue weighted by molar-refractivity contribution is 6.34. The van der Waals surface area contributed by atoms with Crippen LogP contribution in [0.2, 0.25) is 0 Å². The van der Waals surface area contributed by atoms with Crippen LogP contribution in [0.1, 0.15) is 55.7 Å². The van der Waals surface area contributed by atoms with Crippen LogP contribution in [-0.4, -0.2) is 45.7 Å². The molecule has 1 N–H and O–H groups in total. The number of likely N-dealkylation sites (tertiary alicyclic amines) is 1. The minimum atomic E-state index is -0.519. The predicted molar refractivity (Wildman–Crippen MR) is 128 cm³/mol. The van der Waals surface area contributed by atoms with E-state index in [-0.39, 0.29) is 28.6 Å². The van der Waals surface area contributed by atoms with Gasteiger partial charge in [-0.1, -0.05) is 12.1 Å². The molecule has 4 aromatic rings. The van der Waals surface area contributed by atoms with E-state index >= 15 is 0 Å². The van der Waals surface area contributed by atoms with E-state index in [9.17, 15) is 18.8 Å². The van der Waals surface area contributed by atoms with E-state index in [1.54, 1.807) is 11.0 Å². The Morgan fingerprint density at radius 2 is 1.63 bits per heavy atom. The van der Waals surface area contributed by atoms with Crippen molar-refractivity contribution in [2.45, 2.75) is 18.8 Å². The summed E-state index contributed by atoms with van der Waals surface area (Å²) in [5, 5.41) is 0. The third-order valence-corrected chi connectivity index (χ3v) is 6.79. The molecule has 0 spiro atoms. The van der Waals surface area contributed by atoms with Crippen LogP contribution in [-0.2, 0) is 0 Å². The molecule has 3 amide bonds. The third-order valence-electron chi connectivity index (χ3n) is 6.79. The average Bonchev–Trinajstić information content (AvgIpc) is 3.43. The summed E-state index contributed by atoms with van der Waals surface area (Å²) in [5.74, 6) is -0.438. The smallest absolute Gasteiger partial charge is 0.266 e. The van der Waals surface area contributed by atoms with Gasteiger partial charge in [0.1, 0.15) is 11.6 Å². The van der Waals surface area contributed by atoms with Gasteiger partial charge in [-0.2, -0.15) is 0 Å². The molecule has 1 saturated heterocycles. The van der Waals surface area contributed by atoms with Crippen LogP contribution in [0.25, 0.3) is 11.0 Å². The number of carbonyl (C=O) groups excluding carboxylic acids is 3. The van der Waals surface area contributed by atoms with Crippen LogP contribution >= 0.6 is 0 Å². The van der Waals surface area contributed by atoms with Crippen molar-refractivity contribution in [2.24, 2.45) is 0 Å². The van der Waals surface area contributed by atoms with Crippen LogP contribution in [0.15, 0.2) is 66.7 Å². The van der Waals surface area contributed by atoms with Crippen molar-refractivity contribution in [3.63, 3.8) is 0 Å². The van der Waals surface area contributed by atoms with Gasteiger partial charge in [-0.25, -0.2) is 14.3 Å². The van der Waals surface area contributed by atoms with E-state index in [0.717, 1.165) is 34.6 Å². The lowest BCUT2D eigenvalue weighted by Gasteiger charge is -2.31. The topological polar surface area (TPSA) is 86.4 Å². The van der Waals surface area contributed by atoms with Crippen LogP contribution in [0.3, 0.4) is 0 Å². The monoisotopic (exact) mass is 468 g/mol. The van der Waals surface area contributed by atoms with E-state index in [2.05, 4.69) is 4.98 Å². The lowest BCUT2D eigenvalue weighted by atomic mass is 9.95. The van der Waals surface area contributed by atoms with E-state index in [1.165, 1.54) is 36.4 Å². The van der Waals surface area contributed by atoms with Gasteiger partial charge < -0.3 is 9.88 Å². The normalized spacial score (nSPS) is 16.3. The second-order valence-corrected chi connectivity index (χ2v) is 8.89. The maximum absolute atomic E-state index is 13.3. The standard InChI is InChI=1S/C27H21FN4O3/c28-18-6-8-19(9-7-18)32-26(34)20-10-5-17(15-21(20)27(32)35)25(33)31-13-11-16(12-14-31)24-29-22-3-1-2-4-23(22)30-24/h1-10,15-16H,11-14H2,(H,29,30). The van der Waals surface area contributed by atoms with Crippen LogP contribution in [0.4, 0.5) is 10.1 Å². The molecule has 0 saturated carbocycles. The summed E-state index contributed by atoms with van der Waals surface area (Å²) in [4.78, 5) is 49.9. The summed E-state index contributed by atoms with van der Waals surface area (Å²) in [6.07, 6.45) is 1.57. The number of benzene rings is 3. The molecule has 2 aliphatic rings. The summed E-state index contributed by atoms with van der Waals surface area (Å²) < 4.78 is 13.3. The largest absolute Gasteiger partial charge is 0.342 e. The molecule has 1 fully saturated rings. The molecule has 35 heavy (non-hydrogen) atoms. The summed E-state index contributed by atoms with van der Waals surface area (Å²) in [6.45, 7) is 1.15. The third kappa shape index (κ3) is 3.58. The first-order valence-electron chi connectivity index (χ1n) is 11.5. The second kappa shape index (κ2) is 8.16. The maximum atomic E-state index is 13.3. The van der Waals surface area contributed by atoms with Gasteiger partial charge in [-0.05, 0) is 67.4 Å². The van der Waals surface area contributed by atoms with Gasteiger partial charge in [0.25, 0.3) is 17.7 Å². The number of imidazole rings is 1. The molecule has 8 heteroatoms. The summed E-state index contributed by atoms with van der Waals surface area (Å²) in [6, 6.07) is 17.7. The number of aromatic amines is 1. The Labute approximate surface area is 200 Å². The number of piperidine rings is 1. The fourth-order valence-electron chi connectivity index (χ4n) is 4.90. The zero-order valence-electron chi connectivity index (χ0n) is 18.7. The van der Waals surface area contributed by atoms with Gasteiger partial charge in [0.2, 0.25) is 0 Å². The number of aromatic nitrogens is 2. The number of imide groups is 1. The number of H-pyrrole nitrogens is 1. The van der Waals surface area contributed by atoms with E-state index in [0.29, 0.717) is 18.7 Å². The Morgan fingerprint density at radius 1 is 0.914 bits per heavy atom. The predicted octanol–water partition coefficient (Wildman–Crippen LogP) is 4.52. The minimum absolute atomic E-state index is 0.170. The summed E-state index contributed by atoms with van der Waals surface area (Å²) in [5.41, 5.74) is 3.02. The number of halogens is 1. The van der Waals surface area contributed by atoms with E-state index < -0.39 is 17.6 Å². The SMILES string of the molecule is O=C(c1ccc2c(c1)C(=O)N(c1ccc(F)cc1)C2=O)N1CCC(c2nc3ccccc3[nH]2)CC1. The number of hydrogen-bond acceptors (Lipinski definition) is 4. The highest BCUT2D eigenvalue weighted by Gasteiger charge is 2.37. The number of hydrogen-bond donors (Lipinski definition) is 1. The molecule has 3 heterocycles. The molecular weight excluding hydrogens is 447 g/mol. The second-order valence-electron chi connectivity index (χ2n) is 8.89. The summed E-state index contributed by atoms with van der Waals surface area (Å²) >= 11 is 0. The molecular formula is C27H21FN4O3. The van der Waals surface area contributed by atoms with Gasteiger partial charge in [0.15, 0.2) is 0 Å². The number of nitrogens with one attached hydrogen (secondary N) is 1. The number of nitrogens with zero attached hydrogens (tertiary/aromatic N) is 3. The lowest BCUT2D eigenvalue weighted by molar-refractivity contribution is 0.0711. The Hall–Kier alpha value is -4.33. The first-order valence-corrected chi connectivity index (χ1v) is 11.5. The fourth-order valence-corrected chi connectivity index (χ4v) is 4.90. The van der Waals surface area contributed by atoms with Crippen molar-refractivity contribution in [1.82, 2.24) is 14.9 Å². The van der Waals surface area contributed by atoms with E-state index in [4.69, 9.17) is 4.98 Å². The van der Waals surface area contributed by atoms with Gasteiger partial charge in [0, 0.05) is 24.6 Å². The lowest BCUT2D eigenvalue weighted by Crippen LogP contribution is -2.38. The fraction of sp³-hybridized carbons (Fsp3) is 0.185. The van der Waals surface area contributed by atoms with Crippen molar-refractivity contribution in [1.29, 1.82) is 0 Å². The molecule has 0 unspecified atom stereocenters. The number of carbonyl (C=O) groups is 3. The molecule has 2 aliphatic heterocycles. The molecule has 1 aromatic heterocycles. The molecule has 3 aromatic carbocycles. The van der Waals surface area contributed by atoms with E-state index in [1.807, 2.05) is 24.3 Å². The van der Waals surface area contributed by atoms with Crippen LogP contribution < -0.4 is 4.90 Å². The quantitative estimate of drug-likeness (QED) is 0.448. The number of fused-ring (bicyclic) bond motifs is 2. The van der Waals surface area contributed by atoms with Crippen molar-refractivity contribution in [2.75, 3.05) is 18.0 Å². The summed E-state index contributed by atoms with van der Waals surface area (Å²) in [7, 11) is 0. The molecule has 7 nitrogen and oxygen atoms in total. The van der Waals surface area contributed by atoms with Crippen LogP contribution in [0, 0.1) is 5.82 Å². The first kappa shape index (κ1) is 21.2. The molecule has 0 atom stereocenters. The molecule has 0 radical (unpaired) electrons. The highest BCUT2D eigenvalue weighted by atomic mass is 19.1. The average molecular weight is 468 g/mol. The minimum Gasteiger partial charge on any atom is -0.342 e. The van der Waals surface area contributed by atoms with Crippen molar-refractivity contribution in [3.05, 3.63) is 95.1 Å². The number of anilines is 1. The zero-order valence-corrected chi connectivity index (χ0v) is 18.7. The number of amides is 3. The Kier molecular flexibility index (Phi) is 4.95. The maximum Gasteiger partial charge on any atom is 0.266 e. The van der Waals surface area contributed by atoms with Crippen molar-refractivity contribution >= 4 is 34.4 Å². The first-order chi connectivity index (χ1) is 17.0. The number of para-hydroxylation sites is 2. The van der Waals surface area contributed by atoms with Crippen molar-refractivity contribution < 1.29 is 18.8 Å². The zero-order chi connectivity index (χ0) is 24.1. The van der Waals surface area contributed by atoms with Crippen LogP contribution in [0.5, 0.6) is 0 Å². The van der Waals surface area contributed by atoms with Gasteiger partial charge in [-0.15, -0.1) is 0 Å². The molecule has 6 rings (SSSR count). The van der Waals surface area contributed by atoms with Gasteiger partial charge >= 0.3 is 0 Å². The Morgan fingerprint density at radius 3 is 2.37 bits per heavy atom.